The normalized spacial score (nSPS) is 20.6. The van der Waals surface area contributed by atoms with Crippen LogP contribution in [0, 0.1) is 5.92 Å². The summed E-state index contributed by atoms with van der Waals surface area (Å²) in [5.41, 5.74) is 0.997. The molecule has 7 heteroatoms. The average molecular weight is 373 g/mol. The largest absolute Gasteiger partial charge is 0.497 e. The summed E-state index contributed by atoms with van der Waals surface area (Å²) in [7, 11) is 1.61. The lowest BCUT2D eigenvalue weighted by molar-refractivity contribution is -0.147. The molecule has 0 spiro atoms. The van der Waals surface area contributed by atoms with Crippen molar-refractivity contribution in [2.75, 3.05) is 33.3 Å². The van der Waals surface area contributed by atoms with Gasteiger partial charge in [0.2, 0.25) is 17.7 Å². The first-order valence-corrected chi connectivity index (χ1v) is 9.38. The van der Waals surface area contributed by atoms with E-state index < -0.39 is 0 Å². The molecule has 2 aliphatic rings. The number of nitrogens with zero attached hydrogens (tertiary/aromatic N) is 3. The van der Waals surface area contributed by atoms with Crippen molar-refractivity contribution in [3.63, 3.8) is 0 Å². The van der Waals surface area contributed by atoms with Crippen LogP contribution < -0.4 is 4.74 Å². The fraction of sp³-hybridized carbons (Fsp3) is 0.550. The van der Waals surface area contributed by atoms with E-state index in [-0.39, 0.29) is 42.6 Å². The molecule has 2 saturated heterocycles. The Morgan fingerprint density at radius 1 is 1.22 bits per heavy atom. The predicted molar refractivity (Wildman–Crippen MR) is 99.9 cm³/mol. The molecule has 0 aliphatic carbocycles. The summed E-state index contributed by atoms with van der Waals surface area (Å²) in [5.74, 6) is 0.293. The van der Waals surface area contributed by atoms with Gasteiger partial charge in [-0.2, -0.15) is 0 Å². The van der Waals surface area contributed by atoms with Crippen LogP contribution in [-0.4, -0.2) is 71.8 Å². The zero-order chi connectivity index (χ0) is 19.6. The fourth-order valence-electron chi connectivity index (χ4n) is 3.71. The van der Waals surface area contributed by atoms with Crippen molar-refractivity contribution in [3.8, 4) is 5.75 Å². The Kier molecular flexibility index (Phi) is 5.68. The summed E-state index contributed by atoms with van der Waals surface area (Å²) in [6.07, 6.45) is 0.245. The van der Waals surface area contributed by atoms with E-state index >= 15 is 0 Å². The third kappa shape index (κ3) is 4.23. The number of hydrogen-bond acceptors (Lipinski definition) is 4. The van der Waals surface area contributed by atoms with E-state index in [0.717, 1.165) is 11.3 Å². The third-order valence-corrected chi connectivity index (χ3v) is 5.27. The predicted octanol–water partition coefficient (Wildman–Crippen LogP) is 1.12. The molecule has 146 valence electrons. The molecule has 0 N–H and O–H groups in total. The van der Waals surface area contributed by atoms with E-state index in [2.05, 4.69) is 0 Å². The summed E-state index contributed by atoms with van der Waals surface area (Å²) in [6.45, 7) is 5.93. The van der Waals surface area contributed by atoms with Gasteiger partial charge in [-0.15, -0.1) is 0 Å². The second-order valence-electron chi connectivity index (χ2n) is 7.47. The maximum Gasteiger partial charge on any atom is 0.242 e. The van der Waals surface area contributed by atoms with Crippen LogP contribution in [0.25, 0.3) is 0 Å². The van der Waals surface area contributed by atoms with E-state index in [0.29, 0.717) is 26.2 Å². The number of carbonyl (C=O) groups is 3. The lowest BCUT2D eigenvalue weighted by atomic mass is 10.1. The quantitative estimate of drug-likeness (QED) is 0.776. The second kappa shape index (κ2) is 7.98. The summed E-state index contributed by atoms with van der Waals surface area (Å²) >= 11 is 0. The molecule has 1 aromatic rings. The van der Waals surface area contributed by atoms with Crippen LogP contribution in [0.5, 0.6) is 5.75 Å². The minimum Gasteiger partial charge on any atom is -0.497 e. The fourth-order valence-corrected chi connectivity index (χ4v) is 3.71. The molecule has 0 saturated carbocycles. The third-order valence-electron chi connectivity index (χ3n) is 5.27. The first-order valence-electron chi connectivity index (χ1n) is 9.38. The van der Waals surface area contributed by atoms with Gasteiger partial charge in [0.15, 0.2) is 0 Å². The van der Waals surface area contributed by atoms with Crippen LogP contribution in [0.2, 0.25) is 0 Å². The number of rotatable bonds is 5. The molecule has 1 atom stereocenters. The highest BCUT2D eigenvalue weighted by molar-refractivity contribution is 5.92. The SMILES string of the molecule is COc1cccc(CN2CCN(C(=O)C3CC(=O)N(C(C)C)C3)CC2=O)c1. The van der Waals surface area contributed by atoms with E-state index in [1.807, 2.05) is 38.1 Å². The number of likely N-dealkylation sites (tertiary alicyclic amines) is 1. The lowest BCUT2D eigenvalue weighted by Crippen LogP contribution is -2.53. The van der Waals surface area contributed by atoms with Gasteiger partial charge >= 0.3 is 0 Å². The summed E-state index contributed by atoms with van der Waals surface area (Å²) in [6, 6.07) is 7.73. The van der Waals surface area contributed by atoms with Crippen molar-refractivity contribution in [2.24, 2.45) is 5.92 Å². The molecule has 0 radical (unpaired) electrons. The number of ether oxygens (including phenoxy) is 1. The number of amides is 3. The van der Waals surface area contributed by atoms with Crippen LogP contribution in [-0.2, 0) is 20.9 Å². The monoisotopic (exact) mass is 373 g/mol. The first-order chi connectivity index (χ1) is 12.9. The molecule has 2 heterocycles. The Labute approximate surface area is 159 Å². The van der Waals surface area contributed by atoms with Crippen LogP contribution in [0.3, 0.4) is 0 Å². The highest BCUT2D eigenvalue weighted by Crippen LogP contribution is 2.23. The molecule has 1 unspecified atom stereocenters. The molecule has 1 aromatic carbocycles. The van der Waals surface area contributed by atoms with Crippen LogP contribution >= 0.6 is 0 Å². The standard InChI is InChI=1S/C20H27N3O4/c1-14(2)23-12-16(10-18(23)24)20(26)22-8-7-21(19(25)13-22)11-15-5-4-6-17(9-15)27-3/h4-6,9,14,16H,7-8,10-13H2,1-3H3. The number of hydrogen-bond donors (Lipinski definition) is 0. The number of benzene rings is 1. The Morgan fingerprint density at radius 3 is 2.63 bits per heavy atom. The van der Waals surface area contributed by atoms with Crippen molar-refractivity contribution >= 4 is 17.7 Å². The van der Waals surface area contributed by atoms with Gasteiger partial charge < -0.3 is 19.4 Å². The van der Waals surface area contributed by atoms with Gasteiger partial charge in [0, 0.05) is 38.6 Å². The maximum atomic E-state index is 12.8. The summed E-state index contributed by atoms with van der Waals surface area (Å²) in [5, 5.41) is 0. The Balaban J connectivity index is 1.57. The molecular formula is C20H27N3O4. The van der Waals surface area contributed by atoms with Gasteiger partial charge in [-0.3, -0.25) is 14.4 Å². The molecule has 3 rings (SSSR count). The van der Waals surface area contributed by atoms with Gasteiger partial charge in [0.05, 0.1) is 19.6 Å². The van der Waals surface area contributed by atoms with Gasteiger partial charge in [-0.25, -0.2) is 0 Å². The molecule has 0 aromatic heterocycles. The molecule has 7 nitrogen and oxygen atoms in total. The summed E-state index contributed by atoms with van der Waals surface area (Å²) < 4.78 is 5.22. The van der Waals surface area contributed by atoms with Gasteiger partial charge in [-0.1, -0.05) is 12.1 Å². The van der Waals surface area contributed by atoms with Crippen molar-refractivity contribution in [1.82, 2.24) is 14.7 Å². The van der Waals surface area contributed by atoms with Crippen molar-refractivity contribution in [3.05, 3.63) is 29.8 Å². The molecular weight excluding hydrogens is 346 g/mol. The topological polar surface area (TPSA) is 70.2 Å². The lowest BCUT2D eigenvalue weighted by Gasteiger charge is -2.35. The highest BCUT2D eigenvalue weighted by Gasteiger charge is 2.39. The Bertz CT molecular complexity index is 734. The molecule has 3 amide bonds. The molecule has 27 heavy (non-hydrogen) atoms. The van der Waals surface area contributed by atoms with Gasteiger partial charge in [0.25, 0.3) is 0 Å². The second-order valence-corrected chi connectivity index (χ2v) is 7.47. The van der Waals surface area contributed by atoms with Gasteiger partial charge in [-0.05, 0) is 31.5 Å². The number of piperazine rings is 1. The summed E-state index contributed by atoms with van der Waals surface area (Å²) in [4.78, 5) is 42.5. The zero-order valence-corrected chi connectivity index (χ0v) is 16.2. The van der Waals surface area contributed by atoms with Crippen LogP contribution in [0.1, 0.15) is 25.8 Å². The van der Waals surface area contributed by atoms with Crippen molar-refractivity contribution in [1.29, 1.82) is 0 Å². The molecule has 2 fully saturated rings. The molecule has 0 bridgehead atoms. The van der Waals surface area contributed by atoms with E-state index in [4.69, 9.17) is 4.74 Å². The number of methoxy groups -OCH3 is 1. The van der Waals surface area contributed by atoms with Crippen LogP contribution in [0.15, 0.2) is 24.3 Å². The van der Waals surface area contributed by atoms with E-state index in [1.165, 1.54) is 0 Å². The Hall–Kier alpha value is -2.57. The minimum atomic E-state index is -0.336. The number of carbonyl (C=O) groups excluding carboxylic acids is 3. The smallest absolute Gasteiger partial charge is 0.242 e. The van der Waals surface area contributed by atoms with Crippen molar-refractivity contribution < 1.29 is 19.1 Å². The van der Waals surface area contributed by atoms with E-state index in [1.54, 1.807) is 21.8 Å². The average Bonchev–Trinajstić information content (AvgIpc) is 3.05. The molecule has 2 aliphatic heterocycles. The highest BCUT2D eigenvalue weighted by atomic mass is 16.5. The first kappa shape index (κ1) is 19.2. The van der Waals surface area contributed by atoms with Crippen LogP contribution in [0.4, 0.5) is 0 Å². The Morgan fingerprint density at radius 2 is 2.00 bits per heavy atom. The zero-order valence-electron chi connectivity index (χ0n) is 16.2. The van der Waals surface area contributed by atoms with E-state index in [9.17, 15) is 14.4 Å². The maximum absolute atomic E-state index is 12.8. The van der Waals surface area contributed by atoms with Gasteiger partial charge in [0.1, 0.15) is 5.75 Å². The van der Waals surface area contributed by atoms with Crippen molar-refractivity contribution in [2.45, 2.75) is 32.9 Å². The minimum absolute atomic E-state index is 0.0198.